The summed E-state index contributed by atoms with van der Waals surface area (Å²) in [7, 11) is 0. The fourth-order valence-electron chi connectivity index (χ4n) is 6.17. The van der Waals surface area contributed by atoms with Crippen molar-refractivity contribution in [3.05, 3.63) is 158 Å². The Morgan fingerprint density at radius 1 is 0.426 bits per heavy atom. The summed E-state index contributed by atoms with van der Waals surface area (Å²) >= 11 is 0. The maximum Gasteiger partial charge on any atom is 0.227 e. The van der Waals surface area contributed by atoms with Gasteiger partial charge >= 0.3 is 0 Å². The third-order valence-electron chi connectivity index (χ3n) is 8.59. The van der Waals surface area contributed by atoms with Gasteiger partial charge in [0.1, 0.15) is 5.58 Å². The lowest BCUT2D eigenvalue weighted by Gasteiger charge is -2.11. The summed E-state index contributed by atoms with van der Waals surface area (Å²) in [4.78, 5) is 19.1. The normalized spacial score (nSPS) is 11.4. The zero-order valence-corrected chi connectivity index (χ0v) is 25.2. The second-order valence-electron chi connectivity index (χ2n) is 11.6. The third-order valence-corrected chi connectivity index (χ3v) is 8.59. The number of rotatable bonds is 5. The molecule has 9 aromatic rings. The number of aromatic nitrogens is 4. The first-order valence-electron chi connectivity index (χ1n) is 15.5. The van der Waals surface area contributed by atoms with Crippen molar-refractivity contribution in [2.24, 2.45) is 0 Å². The topological polar surface area (TPSA) is 64.7 Å². The minimum absolute atomic E-state index is 0.658. The van der Waals surface area contributed by atoms with Crippen molar-refractivity contribution < 1.29 is 4.42 Å². The van der Waals surface area contributed by atoms with Crippen LogP contribution in [-0.2, 0) is 0 Å². The molecule has 0 unspecified atom stereocenters. The minimum atomic E-state index is 0.658. The predicted octanol–water partition coefficient (Wildman–Crippen LogP) is 10.7. The Morgan fingerprint density at radius 2 is 1.13 bits per heavy atom. The molecule has 47 heavy (non-hydrogen) atoms. The lowest BCUT2D eigenvalue weighted by Crippen LogP contribution is -1.96. The monoisotopic (exact) mass is 602 g/mol. The Bertz CT molecular complexity index is 2560. The van der Waals surface area contributed by atoms with Crippen LogP contribution in [0.1, 0.15) is 0 Å². The summed E-state index contributed by atoms with van der Waals surface area (Å²) in [5.74, 6) is 0.687. The van der Waals surface area contributed by atoms with Crippen LogP contribution in [-0.4, -0.2) is 19.9 Å². The van der Waals surface area contributed by atoms with E-state index in [4.69, 9.17) is 19.4 Å². The number of benzene rings is 5. The number of furan rings is 1. The van der Waals surface area contributed by atoms with Crippen LogP contribution in [0.2, 0.25) is 0 Å². The SMILES string of the molecule is c1ccc(-c2nc(-c3ccc(-c4ccc5oc6nc7ccccc7cc6c5c4)cc3)cc(-c3cccc(-c4cccnc4)c3)n2)cc1. The van der Waals surface area contributed by atoms with Crippen molar-refractivity contribution in [1.82, 2.24) is 19.9 Å². The largest absolute Gasteiger partial charge is 0.438 e. The van der Waals surface area contributed by atoms with E-state index in [1.54, 1.807) is 6.20 Å². The van der Waals surface area contributed by atoms with E-state index in [2.05, 4.69) is 89.9 Å². The van der Waals surface area contributed by atoms with Crippen LogP contribution in [0.4, 0.5) is 0 Å². The number of hydrogen-bond acceptors (Lipinski definition) is 5. The molecule has 0 amide bonds. The van der Waals surface area contributed by atoms with Crippen molar-refractivity contribution in [3.8, 4) is 56.2 Å². The van der Waals surface area contributed by atoms with Crippen LogP contribution >= 0.6 is 0 Å². The van der Waals surface area contributed by atoms with Gasteiger partial charge in [-0.25, -0.2) is 15.0 Å². The Hall–Kier alpha value is -6.46. The van der Waals surface area contributed by atoms with Gasteiger partial charge in [0, 0.05) is 50.8 Å². The van der Waals surface area contributed by atoms with Crippen molar-refractivity contribution >= 4 is 33.0 Å². The van der Waals surface area contributed by atoms with E-state index in [1.807, 2.05) is 66.9 Å². The Balaban J connectivity index is 1.11. The standard InChI is InChI=1S/C42H26N4O/c1-2-8-29(9-3-1)41-44-38(25-39(45-41)32-12-6-11-30(22-32)34-13-7-21-43-26-34)28-17-15-27(16-18-28)31-19-20-40-35(23-31)36-24-33-10-4-5-14-37(33)46-42(36)47-40/h1-26H. The van der Waals surface area contributed by atoms with Crippen molar-refractivity contribution in [2.75, 3.05) is 0 Å². The second-order valence-corrected chi connectivity index (χ2v) is 11.6. The Labute approximate surface area is 270 Å². The molecule has 0 bridgehead atoms. The molecule has 4 heterocycles. The summed E-state index contributed by atoms with van der Waals surface area (Å²) < 4.78 is 6.13. The summed E-state index contributed by atoms with van der Waals surface area (Å²) in [6.07, 6.45) is 3.67. The Kier molecular flexibility index (Phi) is 6.39. The maximum atomic E-state index is 6.13. The number of fused-ring (bicyclic) bond motifs is 4. The highest BCUT2D eigenvalue weighted by Gasteiger charge is 2.14. The molecule has 0 atom stereocenters. The molecule has 4 aromatic heterocycles. The molecule has 0 spiro atoms. The zero-order valence-electron chi connectivity index (χ0n) is 25.2. The number of nitrogens with zero attached hydrogens (tertiary/aromatic N) is 4. The van der Waals surface area contributed by atoms with Crippen LogP contribution < -0.4 is 0 Å². The zero-order chi connectivity index (χ0) is 31.2. The van der Waals surface area contributed by atoms with Gasteiger partial charge in [-0.2, -0.15) is 0 Å². The van der Waals surface area contributed by atoms with Gasteiger partial charge in [0.15, 0.2) is 5.82 Å². The average Bonchev–Trinajstić information content (AvgIpc) is 3.51. The predicted molar refractivity (Wildman–Crippen MR) is 190 cm³/mol. The molecule has 5 nitrogen and oxygen atoms in total. The number of pyridine rings is 2. The van der Waals surface area contributed by atoms with Crippen LogP contribution in [0.3, 0.4) is 0 Å². The fourth-order valence-corrected chi connectivity index (χ4v) is 6.17. The van der Waals surface area contributed by atoms with Crippen LogP contribution in [0.5, 0.6) is 0 Å². The molecule has 0 aliphatic carbocycles. The highest BCUT2D eigenvalue weighted by molar-refractivity contribution is 6.08. The van der Waals surface area contributed by atoms with E-state index >= 15 is 0 Å². The maximum absolute atomic E-state index is 6.13. The van der Waals surface area contributed by atoms with E-state index in [0.717, 1.165) is 77.6 Å². The van der Waals surface area contributed by atoms with Crippen LogP contribution in [0, 0.1) is 0 Å². The van der Waals surface area contributed by atoms with E-state index in [-0.39, 0.29) is 0 Å². The van der Waals surface area contributed by atoms with Crippen molar-refractivity contribution in [2.45, 2.75) is 0 Å². The van der Waals surface area contributed by atoms with Gasteiger partial charge in [-0.15, -0.1) is 0 Å². The molecular weight excluding hydrogens is 576 g/mol. The second kappa shape index (κ2) is 11.2. The first-order chi connectivity index (χ1) is 23.2. The molecule has 0 fully saturated rings. The van der Waals surface area contributed by atoms with Gasteiger partial charge in [0.25, 0.3) is 0 Å². The first kappa shape index (κ1) is 26.9. The van der Waals surface area contributed by atoms with Crippen LogP contribution in [0.15, 0.2) is 162 Å². The average molecular weight is 603 g/mol. The molecule has 0 saturated carbocycles. The third kappa shape index (κ3) is 5.00. The minimum Gasteiger partial charge on any atom is -0.438 e. The van der Waals surface area contributed by atoms with Crippen molar-refractivity contribution in [1.29, 1.82) is 0 Å². The molecule has 0 N–H and O–H groups in total. The van der Waals surface area contributed by atoms with E-state index in [0.29, 0.717) is 11.5 Å². The van der Waals surface area contributed by atoms with Gasteiger partial charge in [-0.3, -0.25) is 4.98 Å². The summed E-state index contributed by atoms with van der Waals surface area (Å²) in [6, 6.07) is 49.9. The van der Waals surface area contributed by atoms with E-state index in [9.17, 15) is 0 Å². The first-order valence-corrected chi connectivity index (χ1v) is 15.5. The van der Waals surface area contributed by atoms with Gasteiger partial charge < -0.3 is 4.42 Å². The van der Waals surface area contributed by atoms with Gasteiger partial charge in [-0.05, 0) is 59.2 Å². The molecule has 0 aliphatic rings. The lowest BCUT2D eigenvalue weighted by molar-refractivity contribution is 0.656. The van der Waals surface area contributed by atoms with Crippen LogP contribution in [0.25, 0.3) is 89.1 Å². The summed E-state index contributed by atoms with van der Waals surface area (Å²) in [5.41, 5.74) is 11.5. The smallest absolute Gasteiger partial charge is 0.227 e. The molecule has 5 heteroatoms. The number of para-hydroxylation sites is 1. The molecule has 5 aromatic carbocycles. The Morgan fingerprint density at radius 3 is 1.98 bits per heavy atom. The van der Waals surface area contributed by atoms with Crippen molar-refractivity contribution in [3.63, 3.8) is 0 Å². The molecule has 0 aliphatic heterocycles. The highest BCUT2D eigenvalue weighted by atomic mass is 16.3. The van der Waals surface area contributed by atoms with E-state index in [1.165, 1.54) is 0 Å². The molecule has 0 saturated heterocycles. The quantitative estimate of drug-likeness (QED) is 0.196. The van der Waals surface area contributed by atoms with Gasteiger partial charge in [0.2, 0.25) is 5.71 Å². The molecular formula is C42H26N4O. The summed E-state index contributed by atoms with van der Waals surface area (Å²) in [5, 5.41) is 3.17. The lowest BCUT2D eigenvalue weighted by atomic mass is 9.99. The summed E-state index contributed by atoms with van der Waals surface area (Å²) in [6.45, 7) is 0. The number of hydrogen-bond donors (Lipinski definition) is 0. The molecule has 220 valence electrons. The fraction of sp³-hybridized carbons (Fsp3) is 0. The van der Waals surface area contributed by atoms with Gasteiger partial charge in [-0.1, -0.05) is 103 Å². The highest BCUT2D eigenvalue weighted by Crippen LogP contribution is 2.35. The van der Waals surface area contributed by atoms with Gasteiger partial charge in [0.05, 0.1) is 16.9 Å². The molecule has 0 radical (unpaired) electrons. The molecule has 9 rings (SSSR count). The van der Waals surface area contributed by atoms with E-state index < -0.39 is 0 Å².